The number of rotatable bonds is 6. The molecule has 10 heteroatoms. The van der Waals surface area contributed by atoms with E-state index in [1.165, 1.54) is 30.9 Å². The van der Waals surface area contributed by atoms with E-state index in [0.717, 1.165) is 4.57 Å². The van der Waals surface area contributed by atoms with Crippen LogP contribution in [0.3, 0.4) is 0 Å². The van der Waals surface area contributed by atoms with Gasteiger partial charge in [0.05, 0.1) is 17.5 Å². The van der Waals surface area contributed by atoms with Gasteiger partial charge in [-0.25, -0.2) is 9.78 Å². The van der Waals surface area contributed by atoms with Crippen LogP contribution in [-0.4, -0.2) is 61.2 Å². The first-order valence-electron chi connectivity index (χ1n) is 9.05. The zero-order valence-corrected chi connectivity index (χ0v) is 16.0. The highest BCUT2D eigenvalue weighted by Gasteiger charge is 2.34. The number of aryl methyl sites for hydroxylation is 1. The first-order valence-corrected chi connectivity index (χ1v) is 9.05. The Labute approximate surface area is 160 Å². The van der Waals surface area contributed by atoms with Gasteiger partial charge in [-0.1, -0.05) is 6.92 Å². The summed E-state index contributed by atoms with van der Waals surface area (Å²) in [6.07, 6.45) is 2.68. The monoisotopic (exact) mass is 389 g/mol. The number of aromatic nitrogens is 3. The molecule has 1 amide bonds. The summed E-state index contributed by atoms with van der Waals surface area (Å²) in [6.45, 7) is 2.52. The molecular weight excluding hydrogens is 366 g/mol. The number of fused-ring (bicyclic) bond motifs is 1. The Bertz CT molecular complexity index is 1050. The van der Waals surface area contributed by atoms with Crippen LogP contribution in [0.2, 0.25) is 0 Å². The molecule has 0 atom stereocenters. The lowest BCUT2D eigenvalue weighted by Gasteiger charge is -2.42. The Kier molecular flexibility index (Phi) is 5.32. The minimum Gasteiger partial charge on any atom is -0.480 e. The van der Waals surface area contributed by atoms with E-state index in [1.807, 2.05) is 11.8 Å². The molecule has 1 aliphatic carbocycles. The van der Waals surface area contributed by atoms with Crippen molar-refractivity contribution in [2.75, 3.05) is 13.1 Å². The number of amides is 1. The molecule has 2 N–H and O–H groups in total. The summed E-state index contributed by atoms with van der Waals surface area (Å²) >= 11 is 0. The van der Waals surface area contributed by atoms with Crippen molar-refractivity contribution in [3.8, 4) is 0 Å². The third-order valence-corrected chi connectivity index (χ3v) is 5.26. The minimum atomic E-state index is -0.868. The van der Waals surface area contributed by atoms with Crippen molar-refractivity contribution in [2.45, 2.75) is 31.8 Å². The van der Waals surface area contributed by atoms with Crippen LogP contribution in [0.1, 0.15) is 30.1 Å². The molecule has 0 aliphatic heterocycles. The van der Waals surface area contributed by atoms with E-state index < -0.39 is 17.2 Å². The minimum absolute atomic E-state index is 0.0154. The summed E-state index contributed by atoms with van der Waals surface area (Å²) in [6, 6.07) is 1.51. The van der Waals surface area contributed by atoms with Gasteiger partial charge in [0.15, 0.2) is 0 Å². The second-order valence-corrected chi connectivity index (χ2v) is 7.05. The normalized spacial score (nSPS) is 18.9. The Morgan fingerprint density at radius 3 is 2.57 bits per heavy atom. The van der Waals surface area contributed by atoms with E-state index in [2.05, 4.69) is 10.3 Å². The van der Waals surface area contributed by atoms with Gasteiger partial charge in [-0.15, -0.1) is 0 Å². The zero-order chi connectivity index (χ0) is 20.6. The maximum Gasteiger partial charge on any atom is 0.332 e. The molecule has 2 aromatic heterocycles. The van der Waals surface area contributed by atoms with Crippen LogP contribution in [0.25, 0.3) is 11.0 Å². The molecule has 0 aromatic carbocycles. The van der Waals surface area contributed by atoms with Crippen molar-refractivity contribution >= 4 is 22.9 Å². The molecule has 150 valence electrons. The number of hydrogen-bond acceptors (Lipinski definition) is 6. The lowest BCUT2D eigenvalue weighted by molar-refractivity contribution is -0.139. The van der Waals surface area contributed by atoms with E-state index in [0.29, 0.717) is 19.4 Å². The number of pyridine rings is 1. The van der Waals surface area contributed by atoms with Gasteiger partial charge in [0.1, 0.15) is 5.65 Å². The quantitative estimate of drug-likeness (QED) is 0.669. The lowest BCUT2D eigenvalue weighted by atomic mass is 9.85. The summed E-state index contributed by atoms with van der Waals surface area (Å²) in [5.41, 5.74) is -0.522. The molecule has 0 unspecified atom stereocenters. The number of nitrogens with one attached hydrogen (secondary N) is 1. The Hall–Kier alpha value is -3.01. The van der Waals surface area contributed by atoms with Crippen LogP contribution >= 0.6 is 0 Å². The number of hydrogen-bond donors (Lipinski definition) is 2. The molecule has 1 saturated carbocycles. The van der Waals surface area contributed by atoms with E-state index >= 15 is 0 Å². The van der Waals surface area contributed by atoms with Crippen molar-refractivity contribution in [3.05, 3.63) is 38.7 Å². The molecule has 0 spiro atoms. The van der Waals surface area contributed by atoms with Gasteiger partial charge >= 0.3 is 11.7 Å². The molecule has 3 rings (SSSR count). The van der Waals surface area contributed by atoms with Gasteiger partial charge in [0, 0.05) is 32.4 Å². The zero-order valence-electron chi connectivity index (χ0n) is 16.0. The summed E-state index contributed by atoms with van der Waals surface area (Å²) in [5, 5.41) is 12.0. The van der Waals surface area contributed by atoms with Crippen molar-refractivity contribution in [2.24, 2.45) is 14.1 Å². The number of likely N-dealkylation sites (N-methyl/N-ethyl adjacent to an activating group) is 1. The highest BCUT2D eigenvalue weighted by molar-refractivity contribution is 5.96. The topological polar surface area (TPSA) is 127 Å². The number of aliphatic carboxylic acids is 1. The second kappa shape index (κ2) is 7.55. The smallest absolute Gasteiger partial charge is 0.332 e. The van der Waals surface area contributed by atoms with Gasteiger partial charge in [-0.05, 0) is 25.5 Å². The first kappa shape index (κ1) is 19.7. The maximum atomic E-state index is 12.5. The fourth-order valence-electron chi connectivity index (χ4n) is 3.53. The molecule has 0 saturated heterocycles. The average molecular weight is 389 g/mol. The van der Waals surface area contributed by atoms with Crippen LogP contribution in [0.5, 0.6) is 0 Å². The predicted molar refractivity (Wildman–Crippen MR) is 101 cm³/mol. The first-order chi connectivity index (χ1) is 13.2. The van der Waals surface area contributed by atoms with Gasteiger partial charge in [0.2, 0.25) is 0 Å². The van der Waals surface area contributed by atoms with Gasteiger partial charge in [-0.2, -0.15) is 0 Å². The maximum absolute atomic E-state index is 12.5. The third kappa shape index (κ3) is 3.55. The van der Waals surface area contributed by atoms with Crippen LogP contribution in [0.4, 0.5) is 0 Å². The van der Waals surface area contributed by atoms with Crippen LogP contribution in [0.15, 0.2) is 21.9 Å². The molecule has 0 radical (unpaired) electrons. The summed E-state index contributed by atoms with van der Waals surface area (Å²) in [5.74, 6) is -1.22. The SMILES string of the molecule is CCN(CC(=O)O)C1CC(NC(=O)c2cnc3c(c2)c(=O)n(C)c(=O)n3C)C1. The Morgan fingerprint density at radius 1 is 1.29 bits per heavy atom. The van der Waals surface area contributed by atoms with E-state index in [9.17, 15) is 19.2 Å². The largest absolute Gasteiger partial charge is 0.480 e. The fourth-order valence-corrected chi connectivity index (χ4v) is 3.53. The molecule has 2 heterocycles. The number of carbonyl (C=O) groups is 2. The molecule has 0 bridgehead atoms. The van der Waals surface area contributed by atoms with Crippen molar-refractivity contribution in [1.29, 1.82) is 0 Å². The molecule has 10 nitrogen and oxygen atoms in total. The van der Waals surface area contributed by atoms with Crippen molar-refractivity contribution in [1.82, 2.24) is 24.3 Å². The van der Waals surface area contributed by atoms with Gasteiger partial charge in [0.25, 0.3) is 11.5 Å². The molecule has 2 aromatic rings. The molecule has 28 heavy (non-hydrogen) atoms. The molecule has 1 fully saturated rings. The highest BCUT2D eigenvalue weighted by Crippen LogP contribution is 2.26. The summed E-state index contributed by atoms with van der Waals surface area (Å²) in [4.78, 5) is 53.7. The Morgan fingerprint density at radius 2 is 1.96 bits per heavy atom. The van der Waals surface area contributed by atoms with E-state index in [1.54, 1.807) is 0 Å². The molecular formula is C18H23N5O5. The lowest BCUT2D eigenvalue weighted by Crippen LogP contribution is -2.54. The number of carboxylic acids is 1. The number of nitrogens with zero attached hydrogens (tertiary/aromatic N) is 4. The molecule has 1 aliphatic rings. The average Bonchev–Trinajstić information content (AvgIpc) is 2.64. The van der Waals surface area contributed by atoms with Crippen molar-refractivity contribution in [3.63, 3.8) is 0 Å². The standard InChI is InChI=1S/C18H23N5O5/c1-4-23(9-14(24)25)12-6-11(7-12)20-16(26)10-5-13-15(19-8-10)21(2)18(28)22(3)17(13)27/h5,8,11-12H,4,6-7,9H2,1-3H3,(H,20,26)(H,24,25). The van der Waals surface area contributed by atoms with Crippen LogP contribution in [0, 0.1) is 0 Å². The van der Waals surface area contributed by atoms with E-state index in [-0.39, 0.29) is 41.1 Å². The van der Waals surface area contributed by atoms with Gasteiger partial charge < -0.3 is 10.4 Å². The second-order valence-electron chi connectivity index (χ2n) is 7.05. The number of carbonyl (C=O) groups excluding carboxylic acids is 1. The van der Waals surface area contributed by atoms with Crippen LogP contribution < -0.4 is 16.6 Å². The number of carboxylic acid groups (broad SMARTS) is 1. The van der Waals surface area contributed by atoms with E-state index in [4.69, 9.17) is 5.11 Å². The Balaban J connectivity index is 1.73. The van der Waals surface area contributed by atoms with Crippen LogP contribution in [-0.2, 0) is 18.9 Å². The van der Waals surface area contributed by atoms with Crippen molar-refractivity contribution < 1.29 is 14.7 Å². The summed E-state index contributed by atoms with van der Waals surface area (Å²) < 4.78 is 2.24. The summed E-state index contributed by atoms with van der Waals surface area (Å²) in [7, 11) is 2.89. The third-order valence-electron chi connectivity index (χ3n) is 5.26. The van der Waals surface area contributed by atoms with Gasteiger partial charge in [-0.3, -0.25) is 28.4 Å². The fraction of sp³-hybridized carbons (Fsp3) is 0.500. The predicted octanol–water partition coefficient (Wildman–Crippen LogP) is -0.700. The highest BCUT2D eigenvalue weighted by atomic mass is 16.4.